The topological polar surface area (TPSA) is 41.6 Å². The Morgan fingerprint density at radius 3 is 2.92 bits per heavy atom. The molecule has 1 amide bonds. The molecule has 2 fully saturated rings. The smallest absolute Gasteiger partial charge is 0.407 e. The summed E-state index contributed by atoms with van der Waals surface area (Å²) in [6.07, 6.45) is 1.02. The van der Waals surface area contributed by atoms with Crippen LogP contribution in [0.1, 0.15) is 6.42 Å². The lowest BCUT2D eigenvalue weighted by Crippen LogP contribution is -2.34. The summed E-state index contributed by atoms with van der Waals surface area (Å²) in [4.78, 5) is 13.2. The van der Waals surface area contributed by atoms with Crippen molar-refractivity contribution in [3.05, 3.63) is 0 Å². The number of fused-ring (bicyclic) bond motifs is 2. The van der Waals surface area contributed by atoms with E-state index in [0.29, 0.717) is 5.92 Å². The average molecular weight is 170 g/mol. The van der Waals surface area contributed by atoms with Crippen LogP contribution in [0.5, 0.6) is 0 Å². The van der Waals surface area contributed by atoms with Crippen molar-refractivity contribution in [2.24, 2.45) is 5.92 Å². The highest BCUT2D eigenvalue weighted by molar-refractivity contribution is 5.66. The molecule has 68 valence electrons. The van der Waals surface area contributed by atoms with Crippen molar-refractivity contribution in [1.82, 2.24) is 10.2 Å². The van der Waals surface area contributed by atoms with E-state index < -0.39 is 0 Å². The Labute approximate surface area is 71.9 Å². The lowest BCUT2D eigenvalue weighted by Gasteiger charge is -2.21. The van der Waals surface area contributed by atoms with Crippen molar-refractivity contribution >= 4 is 6.09 Å². The number of nitrogens with one attached hydrogen (secondary N) is 1. The molecular formula is C8H14N2O2. The molecule has 4 nitrogen and oxygen atoms in total. The minimum atomic E-state index is -0.297. The second kappa shape index (κ2) is 2.94. The number of carbonyl (C=O) groups is 1. The number of alkyl carbamates (subject to hydrolysis) is 1. The molecule has 2 aliphatic heterocycles. The third kappa shape index (κ3) is 1.27. The third-order valence-electron chi connectivity index (χ3n) is 2.74. The highest BCUT2D eigenvalue weighted by Gasteiger charge is 2.40. The van der Waals surface area contributed by atoms with Gasteiger partial charge in [0.25, 0.3) is 0 Å². The van der Waals surface area contributed by atoms with Crippen LogP contribution in [-0.2, 0) is 4.74 Å². The molecule has 12 heavy (non-hydrogen) atoms. The van der Waals surface area contributed by atoms with Crippen LogP contribution in [0.25, 0.3) is 0 Å². The van der Waals surface area contributed by atoms with Crippen molar-refractivity contribution in [3.8, 4) is 0 Å². The third-order valence-corrected chi connectivity index (χ3v) is 2.74. The number of ether oxygens (including phenoxy) is 1. The van der Waals surface area contributed by atoms with Crippen LogP contribution in [0, 0.1) is 5.92 Å². The molecule has 3 atom stereocenters. The summed E-state index contributed by atoms with van der Waals surface area (Å²) < 4.78 is 5.20. The van der Waals surface area contributed by atoms with Crippen LogP contribution < -0.4 is 5.32 Å². The fraction of sp³-hybridized carbons (Fsp3) is 0.875. The van der Waals surface area contributed by atoms with Gasteiger partial charge in [-0.25, -0.2) is 4.79 Å². The van der Waals surface area contributed by atoms with E-state index in [2.05, 4.69) is 10.2 Å². The van der Waals surface area contributed by atoms with Gasteiger partial charge >= 0.3 is 6.09 Å². The maximum absolute atomic E-state index is 10.9. The molecular weight excluding hydrogens is 156 g/mol. The van der Waals surface area contributed by atoms with Crippen molar-refractivity contribution < 1.29 is 9.53 Å². The lowest BCUT2D eigenvalue weighted by molar-refractivity contribution is 0.0702. The van der Waals surface area contributed by atoms with Gasteiger partial charge in [0, 0.05) is 26.1 Å². The van der Waals surface area contributed by atoms with E-state index in [1.54, 1.807) is 7.05 Å². The lowest BCUT2D eigenvalue weighted by atomic mass is 10.0. The minimum absolute atomic E-state index is 0.138. The van der Waals surface area contributed by atoms with Gasteiger partial charge in [-0.1, -0.05) is 0 Å². The fourth-order valence-corrected chi connectivity index (χ4v) is 2.07. The normalized spacial score (nSPS) is 38.2. The number of carbonyl (C=O) groups excluding carboxylic acids is 1. The Hall–Kier alpha value is -0.770. The first-order valence-corrected chi connectivity index (χ1v) is 4.40. The maximum atomic E-state index is 10.9. The van der Waals surface area contributed by atoms with Crippen molar-refractivity contribution in [3.63, 3.8) is 0 Å². The first kappa shape index (κ1) is 7.86. The molecule has 1 N–H and O–H groups in total. The van der Waals surface area contributed by atoms with Gasteiger partial charge in [0.15, 0.2) is 0 Å². The maximum Gasteiger partial charge on any atom is 0.407 e. The van der Waals surface area contributed by atoms with E-state index in [4.69, 9.17) is 4.74 Å². The zero-order valence-corrected chi connectivity index (χ0v) is 7.25. The second-order valence-corrected chi connectivity index (χ2v) is 3.50. The average Bonchev–Trinajstić information content (AvgIpc) is 2.64. The monoisotopic (exact) mass is 170 g/mol. The summed E-state index contributed by atoms with van der Waals surface area (Å²) in [5.41, 5.74) is 0. The van der Waals surface area contributed by atoms with Gasteiger partial charge in [-0.3, -0.25) is 4.90 Å². The number of hydrogen-bond acceptors (Lipinski definition) is 3. The van der Waals surface area contributed by atoms with Crippen molar-refractivity contribution in [2.75, 3.05) is 26.7 Å². The molecule has 0 aliphatic carbocycles. The van der Waals surface area contributed by atoms with E-state index >= 15 is 0 Å². The largest absolute Gasteiger partial charge is 0.445 e. The Balaban J connectivity index is 1.86. The SMILES string of the molecule is CNC(=O)O[C@@H]1CN2CC[C@H]1C2. The summed E-state index contributed by atoms with van der Waals surface area (Å²) in [6.45, 7) is 3.22. The molecule has 2 aliphatic rings. The van der Waals surface area contributed by atoms with E-state index in [1.165, 1.54) is 13.0 Å². The number of hydrogen-bond donors (Lipinski definition) is 1. The molecule has 0 aromatic carbocycles. The molecule has 2 saturated heterocycles. The van der Waals surface area contributed by atoms with Gasteiger partial charge in [0.1, 0.15) is 6.10 Å². The summed E-state index contributed by atoms with van der Waals surface area (Å²) in [5, 5.41) is 2.47. The predicted molar refractivity (Wildman–Crippen MR) is 43.9 cm³/mol. The number of piperidine rings is 1. The Morgan fingerprint density at radius 1 is 1.58 bits per heavy atom. The van der Waals surface area contributed by atoms with Gasteiger partial charge in [0.2, 0.25) is 0 Å². The first-order valence-electron chi connectivity index (χ1n) is 4.40. The van der Waals surface area contributed by atoms with Gasteiger partial charge in [0.05, 0.1) is 0 Å². The van der Waals surface area contributed by atoms with Crippen LogP contribution in [0.15, 0.2) is 0 Å². The van der Waals surface area contributed by atoms with Gasteiger partial charge in [-0.15, -0.1) is 0 Å². The summed E-state index contributed by atoms with van der Waals surface area (Å²) >= 11 is 0. The molecule has 1 unspecified atom stereocenters. The van der Waals surface area contributed by atoms with Crippen LogP contribution >= 0.6 is 0 Å². The number of amides is 1. The molecule has 0 aromatic heterocycles. The summed E-state index contributed by atoms with van der Waals surface area (Å²) in [5.74, 6) is 0.585. The molecule has 0 aromatic rings. The van der Waals surface area contributed by atoms with Gasteiger partial charge in [-0.2, -0.15) is 0 Å². The van der Waals surface area contributed by atoms with Crippen molar-refractivity contribution in [2.45, 2.75) is 12.5 Å². The van der Waals surface area contributed by atoms with Gasteiger partial charge < -0.3 is 10.1 Å². The molecule has 2 bridgehead atoms. The molecule has 0 spiro atoms. The van der Waals surface area contributed by atoms with Gasteiger partial charge in [-0.05, 0) is 13.0 Å². The van der Waals surface area contributed by atoms with Crippen molar-refractivity contribution in [1.29, 1.82) is 0 Å². The molecule has 0 saturated carbocycles. The zero-order valence-electron chi connectivity index (χ0n) is 7.25. The van der Waals surface area contributed by atoms with E-state index in [0.717, 1.165) is 13.1 Å². The summed E-state index contributed by atoms with van der Waals surface area (Å²) in [6, 6.07) is 0. The van der Waals surface area contributed by atoms with Crippen LogP contribution in [0.3, 0.4) is 0 Å². The van der Waals surface area contributed by atoms with E-state index in [1.807, 2.05) is 0 Å². The predicted octanol–water partition coefficient (Wildman–Crippen LogP) is 0.0465. The highest BCUT2D eigenvalue weighted by atomic mass is 16.6. The van der Waals surface area contributed by atoms with E-state index in [-0.39, 0.29) is 12.2 Å². The zero-order chi connectivity index (χ0) is 8.55. The first-order chi connectivity index (χ1) is 5.79. The molecule has 4 heteroatoms. The standard InChI is InChI=1S/C8H14N2O2/c1-9-8(11)12-7-5-10-3-2-6(7)4-10/h6-7H,2-5H2,1H3,(H,9,11)/t6-,7+/m0/s1. The molecule has 2 rings (SSSR count). The van der Waals surface area contributed by atoms with Crippen LogP contribution in [-0.4, -0.2) is 43.8 Å². The Bertz CT molecular complexity index is 195. The minimum Gasteiger partial charge on any atom is -0.445 e. The highest BCUT2D eigenvalue weighted by Crippen LogP contribution is 2.29. The molecule has 2 heterocycles. The number of nitrogens with zero attached hydrogens (tertiary/aromatic N) is 1. The van der Waals surface area contributed by atoms with Crippen LogP contribution in [0.2, 0.25) is 0 Å². The van der Waals surface area contributed by atoms with Crippen LogP contribution in [0.4, 0.5) is 4.79 Å². The Kier molecular flexibility index (Phi) is 1.92. The number of rotatable bonds is 1. The Morgan fingerprint density at radius 2 is 2.42 bits per heavy atom. The second-order valence-electron chi connectivity index (χ2n) is 3.50. The van der Waals surface area contributed by atoms with E-state index in [9.17, 15) is 4.79 Å². The molecule has 0 radical (unpaired) electrons. The fourth-order valence-electron chi connectivity index (χ4n) is 2.07. The summed E-state index contributed by atoms with van der Waals surface area (Å²) in [7, 11) is 1.59. The quantitative estimate of drug-likeness (QED) is 0.604.